The second-order valence-electron chi connectivity index (χ2n) is 9.61. The second kappa shape index (κ2) is 8.89. The third-order valence-electron chi connectivity index (χ3n) is 7.38. The fourth-order valence-electron chi connectivity index (χ4n) is 5.32. The van der Waals surface area contributed by atoms with Crippen LogP contribution in [0.25, 0.3) is 0 Å². The number of Topliss-reactive ketones (excluding diaryl/α,β-unsaturated/α-hetero) is 1. The second-order valence-corrected chi connectivity index (χ2v) is 9.61. The van der Waals surface area contributed by atoms with Crippen LogP contribution in [0.5, 0.6) is 17.2 Å². The number of methoxy groups -OCH3 is 1. The highest BCUT2D eigenvalue weighted by Crippen LogP contribution is 2.52. The quantitative estimate of drug-likeness (QED) is 0.309. The van der Waals surface area contributed by atoms with Gasteiger partial charge in [0.05, 0.1) is 42.6 Å². The van der Waals surface area contributed by atoms with Crippen molar-refractivity contribution in [1.82, 2.24) is 0 Å². The number of aliphatic hydroxyl groups is 3. The molecule has 0 radical (unpaired) electrons. The highest BCUT2D eigenvalue weighted by atomic mass is 16.7. The van der Waals surface area contributed by atoms with Crippen molar-refractivity contribution in [2.45, 2.75) is 56.4 Å². The van der Waals surface area contributed by atoms with Crippen molar-refractivity contribution < 1.29 is 54.1 Å². The van der Waals surface area contributed by atoms with E-state index in [0.29, 0.717) is 0 Å². The van der Waals surface area contributed by atoms with Gasteiger partial charge in [-0.25, -0.2) is 0 Å². The molecule has 11 nitrogen and oxygen atoms in total. The molecule has 0 spiro atoms. The Morgan fingerprint density at radius 2 is 1.76 bits per heavy atom. The number of ether oxygens (including phenoxy) is 3. The van der Waals surface area contributed by atoms with Crippen molar-refractivity contribution in [3.63, 3.8) is 0 Å². The van der Waals surface area contributed by atoms with Crippen LogP contribution in [-0.4, -0.2) is 80.7 Å². The van der Waals surface area contributed by atoms with Crippen molar-refractivity contribution in [2.24, 2.45) is 0 Å². The summed E-state index contributed by atoms with van der Waals surface area (Å²) in [4.78, 5) is 39.4. The summed E-state index contributed by atoms with van der Waals surface area (Å²) < 4.78 is 16.6. The molecule has 0 bridgehead atoms. The van der Waals surface area contributed by atoms with Crippen LogP contribution in [0.1, 0.15) is 68.8 Å². The lowest BCUT2D eigenvalue weighted by molar-refractivity contribution is -0.241. The Morgan fingerprint density at radius 3 is 2.41 bits per heavy atom. The van der Waals surface area contributed by atoms with Crippen LogP contribution in [0.2, 0.25) is 0 Å². The van der Waals surface area contributed by atoms with Crippen molar-refractivity contribution in [1.29, 1.82) is 0 Å². The summed E-state index contributed by atoms with van der Waals surface area (Å²) in [6.45, 7) is 0.916. The van der Waals surface area contributed by atoms with Gasteiger partial charge in [-0.2, -0.15) is 0 Å². The molecule has 1 fully saturated rings. The number of ketones is 3. The number of carbonyl (C=O) groups excluding carboxylic acids is 3. The SMILES string of the molecule is COc1cccc2c1C(=O)c1c(O)c3c(c(O)c1C2=O)C[C@@](O)(C(C)=O)C[C@@H]3O[C@H]1C[C@H](O)[C@H](O)CO1. The molecule has 0 amide bonds. The molecule has 0 aromatic heterocycles. The van der Waals surface area contributed by atoms with E-state index in [4.69, 9.17) is 14.2 Å². The van der Waals surface area contributed by atoms with Crippen LogP contribution in [0.15, 0.2) is 18.2 Å². The molecule has 37 heavy (non-hydrogen) atoms. The summed E-state index contributed by atoms with van der Waals surface area (Å²) in [5.74, 6) is -3.30. The topological polar surface area (TPSA) is 180 Å². The monoisotopic (exact) mass is 514 g/mol. The van der Waals surface area contributed by atoms with Gasteiger partial charge in [0, 0.05) is 36.0 Å². The van der Waals surface area contributed by atoms with Crippen molar-refractivity contribution in [3.05, 3.63) is 51.6 Å². The Kier molecular flexibility index (Phi) is 6.08. The summed E-state index contributed by atoms with van der Waals surface area (Å²) in [5, 5.41) is 53.5. The first-order valence-corrected chi connectivity index (χ1v) is 11.7. The van der Waals surface area contributed by atoms with Crippen molar-refractivity contribution >= 4 is 17.3 Å². The lowest BCUT2D eigenvalue weighted by Crippen LogP contribution is -2.47. The van der Waals surface area contributed by atoms with E-state index in [0.717, 1.165) is 6.92 Å². The molecule has 0 unspecified atom stereocenters. The third kappa shape index (κ3) is 3.82. The largest absolute Gasteiger partial charge is 0.507 e. The lowest BCUT2D eigenvalue weighted by atomic mass is 9.72. The van der Waals surface area contributed by atoms with E-state index in [1.54, 1.807) is 0 Å². The summed E-state index contributed by atoms with van der Waals surface area (Å²) in [5.41, 5.74) is -3.20. The van der Waals surface area contributed by atoms with Gasteiger partial charge in [-0.1, -0.05) is 12.1 Å². The summed E-state index contributed by atoms with van der Waals surface area (Å²) >= 11 is 0. The van der Waals surface area contributed by atoms with Gasteiger partial charge in [-0.15, -0.1) is 0 Å². The van der Waals surface area contributed by atoms with Crippen molar-refractivity contribution in [2.75, 3.05) is 13.7 Å². The minimum absolute atomic E-state index is 0.0277. The predicted octanol–water partition coefficient (Wildman–Crippen LogP) is 0.674. The first-order valence-electron chi connectivity index (χ1n) is 11.7. The Hall–Kier alpha value is -3.35. The van der Waals surface area contributed by atoms with Crippen LogP contribution < -0.4 is 4.74 Å². The fraction of sp³-hybridized carbons (Fsp3) is 0.423. The summed E-state index contributed by atoms with van der Waals surface area (Å²) in [6.07, 6.45) is -5.61. The summed E-state index contributed by atoms with van der Waals surface area (Å²) in [7, 11) is 1.33. The Bertz CT molecular complexity index is 1330. The lowest BCUT2D eigenvalue weighted by Gasteiger charge is -2.40. The van der Waals surface area contributed by atoms with E-state index in [1.165, 1.54) is 25.3 Å². The molecule has 5 atom stereocenters. The zero-order valence-electron chi connectivity index (χ0n) is 20.1. The normalized spacial score (nSPS) is 28.8. The number of rotatable bonds is 4. The number of aromatic hydroxyl groups is 2. The summed E-state index contributed by atoms with van der Waals surface area (Å²) in [6, 6.07) is 4.40. The minimum atomic E-state index is -2.02. The molecule has 11 heteroatoms. The maximum atomic E-state index is 13.6. The molecule has 0 saturated carbocycles. The van der Waals surface area contributed by atoms with E-state index in [1.807, 2.05) is 0 Å². The number of aliphatic hydroxyl groups excluding tert-OH is 2. The molecular formula is C26H26O11. The van der Waals surface area contributed by atoms with E-state index in [2.05, 4.69) is 0 Å². The molecule has 3 aliphatic rings. The van der Waals surface area contributed by atoms with E-state index in [-0.39, 0.29) is 47.5 Å². The van der Waals surface area contributed by atoms with Gasteiger partial charge in [0.1, 0.15) is 29.0 Å². The maximum Gasteiger partial charge on any atom is 0.202 e. The van der Waals surface area contributed by atoms with Crippen LogP contribution in [0.4, 0.5) is 0 Å². The molecule has 2 aliphatic carbocycles. The maximum absolute atomic E-state index is 13.6. The minimum Gasteiger partial charge on any atom is -0.507 e. The molecule has 1 aliphatic heterocycles. The van der Waals surface area contributed by atoms with Gasteiger partial charge in [-0.3, -0.25) is 14.4 Å². The molecule has 1 heterocycles. The van der Waals surface area contributed by atoms with Crippen LogP contribution >= 0.6 is 0 Å². The number of hydrogen-bond donors (Lipinski definition) is 5. The Balaban J connectivity index is 1.69. The zero-order chi connectivity index (χ0) is 26.8. The van der Waals surface area contributed by atoms with Crippen molar-refractivity contribution in [3.8, 4) is 17.2 Å². The average Bonchev–Trinajstić information content (AvgIpc) is 2.86. The Morgan fingerprint density at radius 1 is 1.05 bits per heavy atom. The average molecular weight is 514 g/mol. The van der Waals surface area contributed by atoms with Gasteiger partial charge < -0.3 is 39.7 Å². The van der Waals surface area contributed by atoms with Gasteiger partial charge in [0.2, 0.25) is 5.78 Å². The van der Waals surface area contributed by atoms with Gasteiger partial charge in [0.25, 0.3) is 0 Å². The van der Waals surface area contributed by atoms with E-state index >= 15 is 0 Å². The number of benzene rings is 2. The third-order valence-corrected chi connectivity index (χ3v) is 7.38. The molecule has 2 aromatic carbocycles. The first kappa shape index (κ1) is 25.3. The molecule has 2 aromatic rings. The van der Waals surface area contributed by atoms with Crippen LogP contribution in [0, 0.1) is 0 Å². The fourth-order valence-corrected chi connectivity index (χ4v) is 5.32. The van der Waals surface area contributed by atoms with Crippen LogP contribution in [0.3, 0.4) is 0 Å². The molecule has 196 valence electrons. The number of phenolic OH excluding ortho intramolecular Hbond substituents is 2. The highest BCUT2D eigenvalue weighted by Gasteiger charge is 2.49. The smallest absolute Gasteiger partial charge is 0.202 e. The van der Waals surface area contributed by atoms with Gasteiger partial charge >= 0.3 is 0 Å². The van der Waals surface area contributed by atoms with E-state index < -0.39 is 76.6 Å². The Labute approximate surface area is 210 Å². The zero-order valence-corrected chi connectivity index (χ0v) is 20.1. The molecule has 5 N–H and O–H groups in total. The highest BCUT2D eigenvalue weighted by molar-refractivity contribution is 6.31. The number of carbonyl (C=O) groups is 3. The number of phenols is 2. The standard InChI is InChI=1S/C26H26O11/c1-10(27)26(34)7-12-19(16(8-26)37-17-6-13(28)14(29)9-36-17)25(33)21-20(23(12)31)22(30)11-4-3-5-15(35-2)18(11)24(21)32/h3-5,13-14,16-17,28-29,31,33-34H,6-9H2,1-2H3/t13-,14+,16-,17-,26-/m0/s1. The first-order chi connectivity index (χ1) is 17.5. The number of fused-ring (bicyclic) bond motifs is 3. The number of hydrogen-bond acceptors (Lipinski definition) is 11. The van der Waals surface area contributed by atoms with Gasteiger partial charge in [0.15, 0.2) is 17.9 Å². The predicted molar refractivity (Wildman–Crippen MR) is 124 cm³/mol. The van der Waals surface area contributed by atoms with Gasteiger partial charge in [-0.05, 0) is 13.0 Å². The molecule has 5 rings (SSSR count). The molecular weight excluding hydrogens is 488 g/mol. The molecule has 1 saturated heterocycles. The van der Waals surface area contributed by atoms with Crippen LogP contribution in [-0.2, 0) is 20.7 Å². The van der Waals surface area contributed by atoms with E-state index in [9.17, 15) is 39.9 Å².